The summed E-state index contributed by atoms with van der Waals surface area (Å²) in [7, 11) is 0. The molecule has 0 unspecified atom stereocenters. The van der Waals surface area contributed by atoms with Gasteiger partial charge in [0.1, 0.15) is 6.61 Å². The van der Waals surface area contributed by atoms with Crippen molar-refractivity contribution in [2.45, 2.75) is 51.6 Å². The van der Waals surface area contributed by atoms with E-state index in [4.69, 9.17) is 4.74 Å². The Morgan fingerprint density at radius 3 is 2.84 bits per heavy atom. The summed E-state index contributed by atoms with van der Waals surface area (Å²) in [5.41, 5.74) is 2.09. The van der Waals surface area contributed by atoms with E-state index in [1.165, 1.54) is 24.8 Å². The summed E-state index contributed by atoms with van der Waals surface area (Å²) in [6.45, 7) is 2.27. The van der Waals surface area contributed by atoms with E-state index in [0.717, 1.165) is 24.9 Å². The van der Waals surface area contributed by atoms with Crippen LogP contribution >= 0.6 is 0 Å². The molecule has 0 saturated heterocycles. The van der Waals surface area contributed by atoms with E-state index in [-0.39, 0.29) is 18.6 Å². The molecule has 1 amide bonds. The minimum absolute atomic E-state index is 0.0566. The molecule has 3 heteroatoms. The van der Waals surface area contributed by atoms with E-state index in [0.29, 0.717) is 0 Å². The molecule has 0 aromatic heterocycles. The van der Waals surface area contributed by atoms with Crippen LogP contribution in [0.5, 0.6) is 0 Å². The minimum atomic E-state index is -0.0566. The highest BCUT2D eigenvalue weighted by Crippen LogP contribution is 2.20. The first kappa shape index (κ1) is 14.1. The van der Waals surface area contributed by atoms with Crippen LogP contribution in [-0.4, -0.2) is 18.6 Å². The van der Waals surface area contributed by atoms with Crippen molar-refractivity contribution in [1.29, 1.82) is 0 Å². The smallest absolute Gasteiger partial charge is 0.250 e. The number of rotatable bonds is 5. The van der Waals surface area contributed by atoms with Gasteiger partial charge in [-0.1, -0.05) is 38.3 Å². The average Bonchev–Trinajstić information content (AvgIpc) is 2.46. The average molecular weight is 261 g/mol. The summed E-state index contributed by atoms with van der Waals surface area (Å²) in [6.07, 6.45) is 7.20. The van der Waals surface area contributed by atoms with Gasteiger partial charge < -0.3 is 10.1 Å². The van der Waals surface area contributed by atoms with Crippen molar-refractivity contribution in [3.05, 3.63) is 29.8 Å². The second-order valence-electron chi connectivity index (χ2n) is 5.17. The predicted molar refractivity (Wildman–Crippen MR) is 77.3 cm³/mol. The van der Waals surface area contributed by atoms with Crippen LogP contribution in [0.25, 0.3) is 0 Å². The van der Waals surface area contributed by atoms with E-state index in [2.05, 4.69) is 18.3 Å². The Kier molecular flexibility index (Phi) is 5.40. The highest BCUT2D eigenvalue weighted by Gasteiger charge is 2.15. The van der Waals surface area contributed by atoms with Gasteiger partial charge in [-0.3, -0.25) is 4.79 Å². The van der Waals surface area contributed by atoms with Gasteiger partial charge in [-0.2, -0.15) is 0 Å². The van der Waals surface area contributed by atoms with Gasteiger partial charge in [0.25, 0.3) is 0 Å². The number of hydrogen-bond donors (Lipinski definition) is 1. The summed E-state index contributed by atoms with van der Waals surface area (Å²) >= 11 is 0. The molecule has 1 aromatic carbocycles. The Bertz CT molecular complexity index is 411. The number of carbonyl (C=O) groups is 1. The first-order chi connectivity index (χ1) is 9.28. The molecule has 0 aliphatic heterocycles. The quantitative estimate of drug-likeness (QED) is 0.880. The van der Waals surface area contributed by atoms with Crippen molar-refractivity contribution in [2.75, 3.05) is 11.9 Å². The highest BCUT2D eigenvalue weighted by atomic mass is 16.5. The molecule has 1 aliphatic rings. The Morgan fingerprint density at radius 2 is 2.11 bits per heavy atom. The van der Waals surface area contributed by atoms with Gasteiger partial charge in [0.15, 0.2) is 0 Å². The predicted octanol–water partition coefficient (Wildman–Crippen LogP) is 3.54. The fourth-order valence-corrected chi connectivity index (χ4v) is 2.49. The normalized spacial score (nSPS) is 16.3. The van der Waals surface area contributed by atoms with Crippen LogP contribution in [0.4, 0.5) is 5.69 Å². The topological polar surface area (TPSA) is 38.3 Å². The molecule has 1 aromatic rings. The SMILES string of the molecule is CCc1cccc(NC(=O)COC2CCCCC2)c1. The molecule has 19 heavy (non-hydrogen) atoms. The Hall–Kier alpha value is -1.35. The van der Waals surface area contributed by atoms with Gasteiger partial charge in [-0.25, -0.2) is 0 Å². The molecule has 0 heterocycles. The maximum absolute atomic E-state index is 11.8. The molecule has 3 nitrogen and oxygen atoms in total. The van der Waals surface area contributed by atoms with E-state index in [9.17, 15) is 4.79 Å². The van der Waals surface area contributed by atoms with Gasteiger partial charge in [0, 0.05) is 5.69 Å². The van der Waals surface area contributed by atoms with Crippen molar-refractivity contribution < 1.29 is 9.53 Å². The molecule has 1 fully saturated rings. The molecule has 0 radical (unpaired) electrons. The molecule has 0 atom stereocenters. The third-order valence-electron chi connectivity index (χ3n) is 3.62. The molecular weight excluding hydrogens is 238 g/mol. The Labute approximate surface area is 115 Å². The maximum atomic E-state index is 11.8. The number of amides is 1. The summed E-state index contributed by atoms with van der Waals surface area (Å²) in [6, 6.07) is 7.96. The molecule has 1 N–H and O–H groups in total. The Balaban J connectivity index is 1.76. The van der Waals surface area contributed by atoms with Crippen molar-refractivity contribution in [3.8, 4) is 0 Å². The fraction of sp³-hybridized carbons (Fsp3) is 0.562. The van der Waals surface area contributed by atoms with Crippen LogP contribution in [-0.2, 0) is 16.0 Å². The number of nitrogens with one attached hydrogen (secondary N) is 1. The molecule has 1 saturated carbocycles. The van der Waals surface area contributed by atoms with Gasteiger partial charge >= 0.3 is 0 Å². The standard InChI is InChI=1S/C16H23NO2/c1-2-13-7-6-8-14(11-13)17-16(18)12-19-15-9-4-3-5-10-15/h6-8,11,15H,2-5,9-10,12H2,1H3,(H,17,18). The van der Waals surface area contributed by atoms with E-state index in [1.54, 1.807) is 0 Å². The number of hydrogen-bond acceptors (Lipinski definition) is 2. The Morgan fingerprint density at radius 1 is 1.32 bits per heavy atom. The van der Waals surface area contributed by atoms with Gasteiger partial charge in [-0.05, 0) is 37.0 Å². The van der Waals surface area contributed by atoms with Crippen LogP contribution in [0.2, 0.25) is 0 Å². The second kappa shape index (κ2) is 7.29. The number of anilines is 1. The van der Waals surface area contributed by atoms with Gasteiger partial charge in [0.2, 0.25) is 5.91 Å². The first-order valence-corrected chi connectivity index (χ1v) is 7.28. The van der Waals surface area contributed by atoms with Crippen molar-refractivity contribution in [2.24, 2.45) is 0 Å². The highest BCUT2D eigenvalue weighted by molar-refractivity contribution is 5.91. The van der Waals surface area contributed by atoms with E-state index >= 15 is 0 Å². The van der Waals surface area contributed by atoms with E-state index < -0.39 is 0 Å². The monoisotopic (exact) mass is 261 g/mol. The van der Waals surface area contributed by atoms with Crippen LogP contribution in [0, 0.1) is 0 Å². The molecule has 0 spiro atoms. The summed E-state index contributed by atoms with van der Waals surface area (Å²) in [4.78, 5) is 11.8. The van der Waals surface area contributed by atoms with Gasteiger partial charge in [-0.15, -0.1) is 0 Å². The maximum Gasteiger partial charge on any atom is 0.250 e. The van der Waals surface area contributed by atoms with Crippen molar-refractivity contribution >= 4 is 11.6 Å². The summed E-state index contributed by atoms with van der Waals surface area (Å²) in [5.74, 6) is -0.0566. The lowest BCUT2D eigenvalue weighted by Crippen LogP contribution is -2.24. The third-order valence-corrected chi connectivity index (χ3v) is 3.62. The van der Waals surface area contributed by atoms with E-state index in [1.807, 2.05) is 18.2 Å². The van der Waals surface area contributed by atoms with Crippen LogP contribution < -0.4 is 5.32 Å². The largest absolute Gasteiger partial charge is 0.368 e. The summed E-state index contributed by atoms with van der Waals surface area (Å²) in [5, 5.41) is 2.89. The molecular formula is C16H23NO2. The number of carbonyl (C=O) groups excluding carboxylic acids is 1. The van der Waals surface area contributed by atoms with Gasteiger partial charge in [0.05, 0.1) is 6.10 Å². The third kappa shape index (κ3) is 4.67. The van der Waals surface area contributed by atoms with Crippen molar-refractivity contribution in [1.82, 2.24) is 0 Å². The fourth-order valence-electron chi connectivity index (χ4n) is 2.49. The molecule has 2 rings (SSSR count). The lowest BCUT2D eigenvalue weighted by Gasteiger charge is -2.21. The number of aryl methyl sites for hydroxylation is 1. The zero-order valence-corrected chi connectivity index (χ0v) is 11.7. The zero-order chi connectivity index (χ0) is 13.5. The molecule has 1 aliphatic carbocycles. The van der Waals surface area contributed by atoms with Crippen LogP contribution in [0.3, 0.4) is 0 Å². The zero-order valence-electron chi connectivity index (χ0n) is 11.7. The minimum Gasteiger partial charge on any atom is -0.368 e. The first-order valence-electron chi connectivity index (χ1n) is 7.28. The number of ether oxygens (including phenoxy) is 1. The molecule has 104 valence electrons. The van der Waals surface area contributed by atoms with Crippen LogP contribution in [0.1, 0.15) is 44.6 Å². The lowest BCUT2D eigenvalue weighted by molar-refractivity contribution is -0.123. The molecule has 0 bridgehead atoms. The van der Waals surface area contributed by atoms with Crippen LogP contribution in [0.15, 0.2) is 24.3 Å². The second-order valence-corrected chi connectivity index (χ2v) is 5.17. The number of benzene rings is 1. The lowest BCUT2D eigenvalue weighted by atomic mass is 9.98. The van der Waals surface area contributed by atoms with Crippen molar-refractivity contribution in [3.63, 3.8) is 0 Å². The summed E-state index contributed by atoms with van der Waals surface area (Å²) < 4.78 is 5.66.